The summed E-state index contributed by atoms with van der Waals surface area (Å²) in [5, 5.41) is 4.57. The summed E-state index contributed by atoms with van der Waals surface area (Å²) in [7, 11) is 4.71. The Morgan fingerprint density at radius 1 is 1.00 bits per heavy atom. The Hall–Kier alpha value is -2.47. The fourth-order valence-corrected chi connectivity index (χ4v) is 2.49. The van der Waals surface area contributed by atoms with Gasteiger partial charge in [0.1, 0.15) is 5.15 Å². The standard InChI is InChI=1S/C15H14ClN3O3/c1-20-11-6-9(7-12(21-2)15(11)22-3)10-8-13(16)19-14(18-10)4-5-17-19/h4-8H,1-3H3. The molecule has 22 heavy (non-hydrogen) atoms. The van der Waals surface area contributed by atoms with E-state index >= 15 is 0 Å². The molecular formula is C15H14ClN3O3. The molecule has 0 N–H and O–H groups in total. The Bertz CT molecular complexity index is 807. The molecular weight excluding hydrogens is 306 g/mol. The molecule has 0 bridgehead atoms. The molecule has 0 aliphatic heterocycles. The van der Waals surface area contributed by atoms with Crippen LogP contribution in [0.5, 0.6) is 17.2 Å². The molecule has 0 unspecified atom stereocenters. The van der Waals surface area contributed by atoms with Crippen LogP contribution in [-0.2, 0) is 0 Å². The highest BCUT2D eigenvalue weighted by atomic mass is 35.5. The second kappa shape index (κ2) is 5.73. The van der Waals surface area contributed by atoms with Gasteiger partial charge in [-0.1, -0.05) is 11.6 Å². The van der Waals surface area contributed by atoms with Crippen molar-refractivity contribution in [1.29, 1.82) is 0 Å². The Labute approximate surface area is 132 Å². The van der Waals surface area contributed by atoms with Crippen LogP contribution in [0.25, 0.3) is 16.9 Å². The lowest BCUT2D eigenvalue weighted by molar-refractivity contribution is 0.324. The van der Waals surface area contributed by atoms with Gasteiger partial charge < -0.3 is 14.2 Å². The molecule has 3 aromatic rings. The molecule has 114 valence electrons. The quantitative estimate of drug-likeness (QED) is 0.692. The van der Waals surface area contributed by atoms with Crippen molar-refractivity contribution in [3.05, 3.63) is 35.6 Å². The third kappa shape index (κ3) is 2.31. The topological polar surface area (TPSA) is 57.9 Å². The lowest BCUT2D eigenvalue weighted by atomic mass is 10.1. The predicted molar refractivity (Wildman–Crippen MR) is 83.1 cm³/mol. The SMILES string of the molecule is COc1cc(-c2cc(Cl)n3nccc3n2)cc(OC)c1OC. The smallest absolute Gasteiger partial charge is 0.203 e. The molecule has 7 heteroatoms. The molecule has 2 heterocycles. The van der Waals surface area contributed by atoms with Crippen LogP contribution in [0, 0.1) is 0 Å². The highest BCUT2D eigenvalue weighted by molar-refractivity contribution is 6.30. The van der Waals surface area contributed by atoms with Gasteiger partial charge in [-0.15, -0.1) is 0 Å². The normalized spacial score (nSPS) is 10.7. The van der Waals surface area contributed by atoms with Crippen molar-refractivity contribution >= 4 is 17.2 Å². The number of hydrogen-bond acceptors (Lipinski definition) is 5. The third-order valence-corrected chi connectivity index (χ3v) is 3.55. The van der Waals surface area contributed by atoms with E-state index in [1.54, 1.807) is 44.2 Å². The van der Waals surface area contributed by atoms with Crippen molar-refractivity contribution in [2.24, 2.45) is 0 Å². The highest BCUT2D eigenvalue weighted by Crippen LogP contribution is 2.41. The van der Waals surface area contributed by atoms with E-state index in [0.29, 0.717) is 33.7 Å². The van der Waals surface area contributed by atoms with E-state index in [4.69, 9.17) is 25.8 Å². The minimum Gasteiger partial charge on any atom is -0.493 e. The van der Waals surface area contributed by atoms with Gasteiger partial charge in [0.25, 0.3) is 0 Å². The zero-order valence-electron chi connectivity index (χ0n) is 12.3. The molecule has 3 rings (SSSR count). The number of fused-ring (bicyclic) bond motifs is 1. The number of aromatic nitrogens is 3. The number of hydrogen-bond donors (Lipinski definition) is 0. The molecule has 0 fully saturated rings. The highest BCUT2D eigenvalue weighted by Gasteiger charge is 2.15. The number of rotatable bonds is 4. The average Bonchev–Trinajstić information content (AvgIpc) is 3.02. The fourth-order valence-electron chi connectivity index (χ4n) is 2.25. The van der Waals surface area contributed by atoms with Gasteiger partial charge in [0, 0.05) is 17.7 Å². The minimum atomic E-state index is 0.471. The van der Waals surface area contributed by atoms with Crippen molar-refractivity contribution in [3.8, 4) is 28.5 Å². The van der Waals surface area contributed by atoms with Crippen molar-refractivity contribution < 1.29 is 14.2 Å². The molecule has 0 aliphatic carbocycles. The maximum absolute atomic E-state index is 6.23. The first kappa shape index (κ1) is 14.5. The first-order chi connectivity index (χ1) is 10.7. The van der Waals surface area contributed by atoms with E-state index in [9.17, 15) is 0 Å². The molecule has 0 saturated heterocycles. The molecule has 0 saturated carbocycles. The number of nitrogens with zero attached hydrogens (tertiary/aromatic N) is 3. The van der Waals surface area contributed by atoms with Gasteiger partial charge >= 0.3 is 0 Å². The van der Waals surface area contributed by atoms with Gasteiger partial charge in [0.05, 0.1) is 33.2 Å². The van der Waals surface area contributed by atoms with Gasteiger partial charge in [-0.25, -0.2) is 9.50 Å². The van der Waals surface area contributed by atoms with Crippen LogP contribution in [0.1, 0.15) is 0 Å². The molecule has 0 radical (unpaired) electrons. The number of ether oxygens (including phenoxy) is 3. The van der Waals surface area contributed by atoms with Gasteiger partial charge in [0.2, 0.25) is 5.75 Å². The molecule has 0 spiro atoms. The van der Waals surface area contributed by atoms with E-state index in [0.717, 1.165) is 5.56 Å². The number of methoxy groups -OCH3 is 3. The predicted octanol–water partition coefficient (Wildman–Crippen LogP) is 3.08. The van der Waals surface area contributed by atoms with Crippen LogP contribution < -0.4 is 14.2 Å². The molecule has 2 aromatic heterocycles. The second-order valence-electron chi connectivity index (χ2n) is 4.48. The maximum atomic E-state index is 6.23. The monoisotopic (exact) mass is 319 g/mol. The van der Waals surface area contributed by atoms with Crippen LogP contribution in [0.15, 0.2) is 30.5 Å². The largest absolute Gasteiger partial charge is 0.493 e. The van der Waals surface area contributed by atoms with Crippen molar-refractivity contribution in [2.75, 3.05) is 21.3 Å². The van der Waals surface area contributed by atoms with E-state index in [-0.39, 0.29) is 0 Å². The van der Waals surface area contributed by atoms with E-state index in [2.05, 4.69) is 10.1 Å². The summed E-state index contributed by atoms with van der Waals surface area (Å²) in [5.74, 6) is 1.65. The molecule has 1 aromatic carbocycles. The summed E-state index contributed by atoms with van der Waals surface area (Å²) >= 11 is 6.23. The molecule has 6 nitrogen and oxygen atoms in total. The van der Waals surface area contributed by atoms with Crippen LogP contribution in [0.4, 0.5) is 0 Å². The minimum absolute atomic E-state index is 0.471. The van der Waals surface area contributed by atoms with Gasteiger partial charge in [-0.05, 0) is 12.1 Å². The zero-order chi connectivity index (χ0) is 15.7. The van der Waals surface area contributed by atoms with E-state index in [1.807, 2.05) is 12.1 Å². The molecule has 0 amide bonds. The fraction of sp³-hybridized carbons (Fsp3) is 0.200. The van der Waals surface area contributed by atoms with Crippen LogP contribution in [-0.4, -0.2) is 35.9 Å². The summed E-state index contributed by atoms with van der Waals surface area (Å²) in [6.45, 7) is 0. The van der Waals surface area contributed by atoms with Crippen LogP contribution in [0.3, 0.4) is 0 Å². The van der Waals surface area contributed by atoms with Gasteiger partial charge in [-0.3, -0.25) is 0 Å². The maximum Gasteiger partial charge on any atom is 0.203 e. The second-order valence-corrected chi connectivity index (χ2v) is 4.87. The van der Waals surface area contributed by atoms with Crippen molar-refractivity contribution in [3.63, 3.8) is 0 Å². The Morgan fingerprint density at radius 2 is 1.68 bits per heavy atom. The zero-order valence-corrected chi connectivity index (χ0v) is 13.1. The molecule has 0 atom stereocenters. The third-order valence-electron chi connectivity index (χ3n) is 3.28. The van der Waals surface area contributed by atoms with E-state index in [1.165, 1.54) is 0 Å². The summed E-state index contributed by atoms with van der Waals surface area (Å²) in [4.78, 5) is 4.54. The Morgan fingerprint density at radius 3 is 2.27 bits per heavy atom. The van der Waals surface area contributed by atoms with E-state index < -0.39 is 0 Å². The van der Waals surface area contributed by atoms with Crippen LogP contribution >= 0.6 is 11.6 Å². The van der Waals surface area contributed by atoms with Crippen molar-refractivity contribution in [2.45, 2.75) is 0 Å². The Kier molecular flexibility index (Phi) is 3.77. The summed E-state index contributed by atoms with van der Waals surface area (Å²) < 4.78 is 17.6. The molecule has 0 aliphatic rings. The van der Waals surface area contributed by atoms with Gasteiger partial charge in [-0.2, -0.15) is 5.10 Å². The first-order valence-corrected chi connectivity index (χ1v) is 6.86. The average molecular weight is 320 g/mol. The first-order valence-electron chi connectivity index (χ1n) is 6.48. The lowest BCUT2D eigenvalue weighted by Crippen LogP contribution is -1.98. The number of benzene rings is 1. The van der Waals surface area contributed by atoms with Crippen molar-refractivity contribution in [1.82, 2.24) is 14.6 Å². The van der Waals surface area contributed by atoms with Gasteiger partial charge in [0.15, 0.2) is 17.1 Å². The lowest BCUT2D eigenvalue weighted by Gasteiger charge is -2.14. The Balaban J connectivity index is 2.21. The van der Waals surface area contributed by atoms with Crippen LogP contribution in [0.2, 0.25) is 5.15 Å². The summed E-state index contributed by atoms with van der Waals surface area (Å²) in [6.07, 6.45) is 1.65. The summed E-state index contributed by atoms with van der Waals surface area (Å²) in [6, 6.07) is 7.18. The number of halogens is 1. The summed E-state index contributed by atoms with van der Waals surface area (Å²) in [5.41, 5.74) is 2.16.